The molecule has 1 atom stereocenters. The van der Waals surface area contributed by atoms with Crippen molar-refractivity contribution < 1.29 is 9.90 Å². The Hall–Kier alpha value is -1.76. The molecule has 0 unspecified atom stereocenters. The van der Waals surface area contributed by atoms with Crippen LogP contribution in [0, 0.1) is 0 Å². The standard InChI is InChI=1S/C14H14Cl2N4O2/c15-9-1-2-12(11(16)7-9)20-6-4-13(18-20)17-14(22)19-5-3-10(21)8-19/h1-2,4,6-7,10,21H,3,5,8H2,(H,17,18,22)/t10-/m0/s1. The summed E-state index contributed by atoms with van der Waals surface area (Å²) in [4.78, 5) is 13.6. The first-order valence-electron chi connectivity index (χ1n) is 6.78. The van der Waals surface area contributed by atoms with E-state index in [1.54, 1.807) is 40.0 Å². The fourth-order valence-electron chi connectivity index (χ4n) is 2.31. The number of nitrogens with zero attached hydrogens (tertiary/aromatic N) is 3. The number of hydrogen-bond acceptors (Lipinski definition) is 3. The fraction of sp³-hybridized carbons (Fsp3) is 0.286. The molecule has 1 aromatic heterocycles. The van der Waals surface area contributed by atoms with Gasteiger partial charge in [0, 0.05) is 30.4 Å². The molecule has 2 heterocycles. The van der Waals surface area contributed by atoms with Crippen molar-refractivity contribution in [2.75, 3.05) is 18.4 Å². The third-order valence-electron chi connectivity index (χ3n) is 3.43. The highest BCUT2D eigenvalue weighted by molar-refractivity contribution is 6.35. The first kappa shape index (κ1) is 15.1. The minimum atomic E-state index is -0.448. The minimum Gasteiger partial charge on any atom is -0.391 e. The van der Waals surface area contributed by atoms with Gasteiger partial charge in [0.05, 0.1) is 16.8 Å². The maximum absolute atomic E-state index is 12.0. The number of likely N-dealkylation sites (tertiary alicyclic amines) is 1. The second kappa shape index (κ2) is 6.16. The molecule has 1 saturated heterocycles. The molecule has 0 saturated carbocycles. The van der Waals surface area contributed by atoms with E-state index in [0.29, 0.717) is 41.1 Å². The van der Waals surface area contributed by atoms with Crippen molar-refractivity contribution in [3.05, 3.63) is 40.5 Å². The van der Waals surface area contributed by atoms with Gasteiger partial charge in [0.25, 0.3) is 0 Å². The zero-order valence-corrected chi connectivity index (χ0v) is 13.1. The highest BCUT2D eigenvalue weighted by Crippen LogP contribution is 2.24. The van der Waals surface area contributed by atoms with E-state index in [1.807, 2.05) is 0 Å². The zero-order valence-electron chi connectivity index (χ0n) is 11.5. The molecule has 22 heavy (non-hydrogen) atoms. The van der Waals surface area contributed by atoms with Crippen LogP contribution in [0.2, 0.25) is 10.0 Å². The number of amides is 2. The van der Waals surface area contributed by atoms with Crippen molar-refractivity contribution in [2.45, 2.75) is 12.5 Å². The van der Waals surface area contributed by atoms with E-state index in [9.17, 15) is 9.90 Å². The number of aliphatic hydroxyl groups excluding tert-OH is 1. The predicted molar refractivity (Wildman–Crippen MR) is 84.8 cm³/mol. The summed E-state index contributed by atoms with van der Waals surface area (Å²) in [5, 5.41) is 17.4. The third kappa shape index (κ3) is 3.19. The number of aliphatic hydroxyl groups is 1. The van der Waals surface area contributed by atoms with Gasteiger partial charge in [-0.1, -0.05) is 23.2 Å². The summed E-state index contributed by atoms with van der Waals surface area (Å²) >= 11 is 12.0. The monoisotopic (exact) mass is 340 g/mol. The lowest BCUT2D eigenvalue weighted by molar-refractivity contribution is 0.176. The van der Waals surface area contributed by atoms with Crippen molar-refractivity contribution in [1.82, 2.24) is 14.7 Å². The molecule has 1 aliphatic rings. The van der Waals surface area contributed by atoms with E-state index in [0.717, 1.165) is 0 Å². The number of rotatable bonds is 2. The number of carbonyl (C=O) groups is 1. The number of aromatic nitrogens is 2. The van der Waals surface area contributed by atoms with Gasteiger partial charge in [0.2, 0.25) is 0 Å². The van der Waals surface area contributed by atoms with Crippen molar-refractivity contribution in [1.29, 1.82) is 0 Å². The van der Waals surface area contributed by atoms with Crippen LogP contribution in [0.15, 0.2) is 30.5 Å². The van der Waals surface area contributed by atoms with E-state index in [2.05, 4.69) is 10.4 Å². The molecule has 116 valence electrons. The van der Waals surface area contributed by atoms with Crippen LogP contribution in [0.3, 0.4) is 0 Å². The quantitative estimate of drug-likeness (QED) is 0.882. The maximum atomic E-state index is 12.0. The van der Waals surface area contributed by atoms with Crippen LogP contribution < -0.4 is 5.32 Å². The Labute approximate surface area is 137 Å². The summed E-state index contributed by atoms with van der Waals surface area (Å²) in [6.45, 7) is 0.881. The highest BCUT2D eigenvalue weighted by Gasteiger charge is 2.24. The van der Waals surface area contributed by atoms with Gasteiger partial charge in [-0.3, -0.25) is 5.32 Å². The lowest BCUT2D eigenvalue weighted by Gasteiger charge is -2.15. The molecule has 1 aliphatic heterocycles. The number of benzene rings is 1. The predicted octanol–water partition coefficient (Wildman–Crippen LogP) is 2.78. The Kier molecular flexibility index (Phi) is 4.24. The molecule has 1 fully saturated rings. The SMILES string of the molecule is O=C(Nc1ccn(-c2ccc(Cl)cc2Cl)n1)N1CC[C@H](O)C1. The zero-order chi connectivity index (χ0) is 15.7. The van der Waals surface area contributed by atoms with Crippen LogP contribution in [0.1, 0.15) is 6.42 Å². The number of β-amino-alcohol motifs (C(OH)–C–C–N with tert-alkyl or cyclic N) is 1. The van der Waals surface area contributed by atoms with E-state index in [4.69, 9.17) is 23.2 Å². The van der Waals surface area contributed by atoms with Gasteiger partial charge in [-0.2, -0.15) is 0 Å². The number of nitrogens with one attached hydrogen (secondary N) is 1. The normalized spacial score (nSPS) is 17.8. The molecule has 2 N–H and O–H groups in total. The van der Waals surface area contributed by atoms with E-state index in [1.165, 1.54) is 0 Å². The summed E-state index contributed by atoms with van der Waals surface area (Å²) in [6, 6.07) is 6.50. The largest absolute Gasteiger partial charge is 0.391 e. The molecule has 2 amide bonds. The Morgan fingerprint density at radius 3 is 2.86 bits per heavy atom. The molecular formula is C14H14Cl2N4O2. The lowest BCUT2D eigenvalue weighted by Crippen LogP contribution is -2.33. The molecule has 6 nitrogen and oxygen atoms in total. The third-order valence-corrected chi connectivity index (χ3v) is 3.97. The summed E-state index contributed by atoms with van der Waals surface area (Å²) in [7, 11) is 0. The summed E-state index contributed by atoms with van der Waals surface area (Å²) in [5.41, 5.74) is 0.670. The molecule has 0 aliphatic carbocycles. The lowest BCUT2D eigenvalue weighted by atomic mass is 10.3. The Bertz CT molecular complexity index is 704. The van der Waals surface area contributed by atoms with E-state index in [-0.39, 0.29) is 6.03 Å². The highest BCUT2D eigenvalue weighted by atomic mass is 35.5. The van der Waals surface area contributed by atoms with E-state index < -0.39 is 6.10 Å². The summed E-state index contributed by atoms with van der Waals surface area (Å²) < 4.78 is 1.56. The number of hydrogen-bond donors (Lipinski definition) is 2. The average molecular weight is 341 g/mol. The smallest absolute Gasteiger partial charge is 0.323 e. The molecule has 0 radical (unpaired) electrons. The van der Waals surface area contributed by atoms with Crippen LogP contribution in [-0.2, 0) is 0 Å². The first-order valence-corrected chi connectivity index (χ1v) is 7.53. The van der Waals surface area contributed by atoms with E-state index >= 15 is 0 Å². The molecule has 3 rings (SSSR count). The first-order chi connectivity index (χ1) is 10.5. The van der Waals surface area contributed by atoms with Crippen molar-refractivity contribution in [3.8, 4) is 5.69 Å². The number of carbonyl (C=O) groups excluding carboxylic acids is 1. The second-order valence-electron chi connectivity index (χ2n) is 5.06. The fourth-order valence-corrected chi connectivity index (χ4v) is 2.80. The molecule has 1 aromatic carbocycles. The van der Waals surface area contributed by atoms with Crippen LogP contribution in [0.25, 0.3) is 5.69 Å². The van der Waals surface area contributed by atoms with Gasteiger partial charge in [0.15, 0.2) is 5.82 Å². The minimum absolute atomic E-state index is 0.274. The van der Waals surface area contributed by atoms with Crippen molar-refractivity contribution in [3.63, 3.8) is 0 Å². The average Bonchev–Trinajstić information content (AvgIpc) is 3.08. The molecule has 0 bridgehead atoms. The second-order valence-corrected chi connectivity index (χ2v) is 5.90. The van der Waals surface area contributed by atoms with Crippen LogP contribution in [-0.4, -0.2) is 45.0 Å². The van der Waals surface area contributed by atoms with Crippen LogP contribution in [0.5, 0.6) is 0 Å². The Morgan fingerprint density at radius 1 is 1.36 bits per heavy atom. The van der Waals surface area contributed by atoms with Gasteiger partial charge in [-0.15, -0.1) is 5.10 Å². The molecule has 8 heteroatoms. The Morgan fingerprint density at radius 2 is 2.18 bits per heavy atom. The van der Waals surface area contributed by atoms with Gasteiger partial charge in [-0.05, 0) is 24.6 Å². The summed E-state index contributed by atoms with van der Waals surface area (Å²) in [5.74, 6) is 0.414. The maximum Gasteiger partial charge on any atom is 0.323 e. The number of anilines is 1. The number of halogens is 2. The van der Waals surface area contributed by atoms with Gasteiger partial charge in [0.1, 0.15) is 0 Å². The van der Waals surface area contributed by atoms with Gasteiger partial charge >= 0.3 is 6.03 Å². The molecular weight excluding hydrogens is 327 g/mol. The van der Waals surface area contributed by atoms with Gasteiger partial charge < -0.3 is 10.0 Å². The van der Waals surface area contributed by atoms with Crippen LogP contribution >= 0.6 is 23.2 Å². The summed E-state index contributed by atoms with van der Waals surface area (Å²) in [6.07, 6.45) is 1.85. The van der Waals surface area contributed by atoms with Crippen molar-refractivity contribution >= 4 is 35.1 Å². The Balaban J connectivity index is 1.72. The van der Waals surface area contributed by atoms with Crippen molar-refractivity contribution in [2.24, 2.45) is 0 Å². The molecule has 0 spiro atoms. The number of urea groups is 1. The molecule has 2 aromatic rings. The topological polar surface area (TPSA) is 70.4 Å². The van der Waals surface area contributed by atoms with Gasteiger partial charge in [-0.25, -0.2) is 9.48 Å². The van der Waals surface area contributed by atoms with Crippen LogP contribution in [0.4, 0.5) is 10.6 Å².